The molecule has 3 aromatic carbocycles. The molecule has 1 aliphatic rings. The first-order chi connectivity index (χ1) is 15.2. The molecule has 3 aromatic rings. The van der Waals surface area contributed by atoms with Crippen LogP contribution in [0.3, 0.4) is 0 Å². The van der Waals surface area contributed by atoms with E-state index in [0.29, 0.717) is 6.42 Å². The summed E-state index contributed by atoms with van der Waals surface area (Å²) in [4.78, 5) is 16.9. The van der Waals surface area contributed by atoms with Gasteiger partial charge in [-0.25, -0.2) is 0 Å². The number of carbonyl (C=O) groups excluding carboxylic acids is 1. The molecular formula is C26H28N2O3. The van der Waals surface area contributed by atoms with Crippen LogP contribution >= 0.6 is 0 Å². The molecule has 0 saturated carbocycles. The minimum Gasteiger partial charge on any atom is -0.497 e. The lowest BCUT2D eigenvalue weighted by atomic mass is 10.1. The molecule has 0 atom stereocenters. The van der Waals surface area contributed by atoms with Gasteiger partial charge in [0.05, 0.1) is 13.5 Å². The van der Waals surface area contributed by atoms with E-state index in [9.17, 15) is 4.79 Å². The average Bonchev–Trinajstić information content (AvgIpc) is 2.80. The summed E-state index contributed by atoms with van der Waals surface area (Å²) in [5.41, 5.74) is 2.27. The second-order valence-electron chi connectivity index (χ2n) is 7.75. The van der Waals surface area contributed by atoms with Crippen molar-refractivity contribution in [2.45, 2.75) is 13.0 Å². The van der Waals surface area contributed by atoms with Gasteiger partial charge in [-0.1, -0.05) is 48.5 Å². The zero-order chi connectivity index (χ0) is 21.5. The maximum Gasteiger partial charge on any atom is 0.227 e. The van der Waals surface area contributed by atoms with Crippen molar-refractivity contribution in [3.05, 3.63) is 90.0 Å². The first-order valence-corrected chi connectivity index (χ1v) is 10.6. The van der Waals surface area contributed by atoms with Crippen molar-refractivity contribution in [3.63, 3.8) is 0 Å². The standard InChI is InChI=1S/C26H28N2O3/c1-30-23-10-6-12-25(19-23)31-24-11-5-9-22(17-24)20-27-13-15-28(16-14-27)26(29)18-21-7-3-2-4-8-21/h2-12,17,19H,13-16,18,20H2,1H3. The van der Waals surface area contributed by atoms with Crippen LogP contribution in [0.2, 0.25) is 0 Å². The van der Waals surface area contributed by atoms with E-state index in [-0.39, 0.29) is 5.91 Å². The second kappa shape index (κ2) is 10.1. The van der Waals surface area contributed by atoms with E-state index in [1.54, 1.807) is 7.11 Å². The molecule has 0 radical (unpaired) electrons. The number of benzene rings is 3. The van der Waals surface area contributed by atoms with Crippen LogP contribution in [0.25, 0.3) is 0 Å². The normalized spacial score (nSPS) is 14.3. The Kier molecular flexibility index (Phi) is 6.85. The van der Waals surface area contributed by atoms with Gasteiger partial charge in [-0.3, -0.25) is 9.69 Å². The Morgan fingerprint density at radius 2 is 1.42 bits per heavy atom. The molecule has 5 heteroatoms. The molecule has 0 aliphatic carbocycles. The predicted octanol–water partition coefficient (Wildman–Crippen LogP) is 4.37. The summed E-state index contributed by atoms with van der Waals surface area (Å²) in [5.74, 6) is 2.54. The minimum absolute atomic E-state index is 0.208. The van der Waals surface area contributed by atoms with Crippen LogP contribution in [-0.2, 0) is 17.8 Å². The minimum atomic E-state index is 0.208. The molecule has 5 nitrogen and oxygen atoms in total. The lowest BCUT2D eigenvalue weighted by Crippen LogP contribution is -2.48. The zero-order valence-electron chi connectivity index (χ0n) is 17.9. The quantitative estimate of drug-likeness (QED) is 0.573. The van der Waals surface area contributed by atoms with Gasteiger partial charge in [0, 0.05) is 38.8 Å². The smallest absolute Gasteiger partial charge is 0.227 e. The predicted molar refractivity (Wildman–Crippen MR) is 122 cm³/mol. The lowest BCUT2D eigenvalue weighted by molar-refractivity contribution is -0.132. The van der Waals surface area contributed by atoms with Crippen molar-refractivity contribution in [2.24, 2.45) is 0 Å². The summed E-state index contributed by atoms with van der Waals surface area (Å²) in [6, 6.07) is 25.7. The molecule has 1 saturated heterocycles. The van der Waals surface area contributed by atoms with E-state index >= 15 is 0 Å². The molecule has 0 aromatic heterocycles. The number of nitrogens with zero attached hydrogens (tertiary/aromatic N) is 2. The Bertz CT molecular complexity index is 998. The number of rotatable bonds is 7. The van der Waals surface area contributed by atoms with Crippen molar-refractivity contribution >= 4 is 5.91 Å². The van der Waals surface area contributed by atoms with Crippen LogP contribution in [0.1, 0.15) is 11.1 Å². The Balaban J connectivity index is 1.29. The van der Waals surface area contributed by atoms with Crippen LogP contribution in [0.15, 0.2) is 78.9 Å². The third kappa shape index (κ3) is 5.86. The van der Waals surface area contributed by atoms with Gasteiger partial charge in [-0.05, 0) is 35.4 Å². The summed E-state index contributed by atoms with van der Waals surface area (Å²) in [6.07, 6.45) is 0.477. The highest BCUT2D eigenvalue weighted by molar-refractivity contribution is 5.78. The highest BCUT2D eigenvalue weighted by Gasteiger charge is 2.21. The fraction of sp³-hybridized carbons (Fsp3) is 0.269. The van der Waals surface area contributed by atoms with Gasteiger partial charge < -0.3 is 14.4 Å². The fourth-order valence-corrected chi connectivity index (χ4v) is 3.80. The van der Waals surface area contributed by atoms with Gasteiger partial charge in [-0.2, -0.15) is 0 Å². The van der Waals surface area contributed by atoms with Crippen molar-refractivity contribution in [1.29, 1.82) is 0 Å². The molecule has 0 N–H and O–H groups in total. The summed E-state index contributed by atoms with van der Waals surface area (Å²) in [6.45, 7) is 4.14. The number of methoxy groups -OCH3 is 1. The Morgan fingerprint density at radius 1 is 0.774 bits per heavy atom. The molecule has 31 heavy (non-hydrogen) atoms. The second-order valence-corrected chi connectivity index (χ2v) is 7.75. The van der Waals surface area contributed by atoms with E-state index in [0.717, 1.165) is 55.5 Å². The molecule has 160 valence electrons. The topological polar surface area (TPSA) is 42.0 Å². The van der Waals surface area contributed by atoms with E-state index < -0.39 is 0 Å². The van der Waals surface area contributed by atoms with Crippen molar-refractivity contribution in [3.8, 4) is 17.2 Å². The zero-order valence-corrected chi connectivity index (χ0v) is 17.9. The summed E-state index contributed by atoms with van der Waals surface area (Å²) >= 11 is 0. The van der Waals surface area contributed by atoms with Crippen molar-refractivity contribution in [1.82, 2.24) is 9.80 Å². The molecule has 1 fully saturated rings. The SMILES string of the molecule is COc1cccc(Oc2cccc(CN3CCN(C(=O)Cc4ccccc4)CC3)c2)c1. The van der Waals surface area contributed by atoms with E-state index in [4.69, 9.17) is 9.47 Å². The van der Waals surface area contributed by atoms with Crippen LogP contribution < -0.4 is 9.47 Å². The number of hydrogen-bond donors (Lipinski definition) is 0. The van der Waals surface area contributed by atoms with Gasteiger partial charge in [0.1, 0.15) is 17.2 Å². The molecule has 1 amide bonds. The molecule has 1 heterocycles. The summed E-state index contributed by atoms with van der Waals surface area (Å²) < 4.78 is 11.3. The highest BCUT2D eigenvalue weighted by Crippen LogP contribution is 2.26. The lowest BCUT2D eigenvalue weighted by Gasteiger charge is -2.35. The van der Waals surface area contributed by atoms with Gasteiger partial charge >= 0.3 is 0 Å². The number of piperazine rings is 1. The van der Waals surface area contributed by atoms with E-state index in [1.807, 2.05) is 71.6 Å². The first kappa shape index (κ1) is 20.9. The average molecular weight is 417 g/mol. The molecule has 0 unspecified atom stereocenters. The van der Waals surface area contributed by atoms with E-state index in [2.05, 4.69) is 17.0 Å². The van der Waals surface area contributed by atoms with Crippen molar-refractivity contribution in [2.75, 3.05) is 33.3 Å². The number of ether oxygens (including phenoxy) is 2. The Hall–Kier alpha value is -3.31. The monoisotopic (exact) mass is 416 g/mol. The van der Waals surface area contributed by atoms with E-state index in [1.165, 1.54) is 5.56 Å². The summed E-state index contributed by atoms with van der Waals surface area (Å²) in [7, 11) is 1.65. The number of hydrogen-bond acceptors (Lipinski definition) is 4. The maximum absolute atomic E-state index is 12.6. The Morgan fingerprint density at radius 3 is 2.16 bits per heavy atom. The van der Waals surface area contributed by atoms with Crippen LogP contribution in [0.4, 0.5) is 0 Å². The van der Waals surface area contributed by atoms with Crippen molar-refractivity contribution < 1.29 is 14.3 Å². The van der Waals surface area contributed by atoms with Gasteiger partial charge in [-0.15, -0.1) is 0 Å². The molecule has 0 spiro atoms. The summed E-state index contributed by atoms with van der Waals surface area (Å²) in [5, 5.41) is 0. The molecule has 1 aliphatic heterocycles. The maximum atomic E-state index is 12.6. The highest BCUT2D eigenvalue weighted by atomic mass is 16.5. The largest absolute Gasteiger partial charge is 0.497 e. The van der Waals surface area contributed by atoms with Gasteiger partial charge in [0.25, 0.3) is 0 Å². The fourth-order valence-electron chi connectivity index (χ4n) is 3.80. The van der Waals surface area contributed by atoms with Crippen LogP contribution in [0, 0.1) is 0 Å². The van der Waals surface area contributed by atoms with Crippen LogP contribution in [0.5, 0.6) is 17.2 Å². The Labute approximate surface area is 183 Å². The first-order valence-electron chi connectivity index (χ1n) is 10.6. The number of amides is 1. The third-order valence-electron chi connectivity index (χ3n) is 5.50. The van der Waals surface area contributed by atoms with Crippen LogP contribution in [-0.4, -0.2) is 49.0 Å². The molecular weight excluding hydrogens is 388 g/mol. The molecule has 4 rings (SSSR count). The number of carbonyl (C=O) groups is 1. The van der Waals surface area contributed by atoms with Gasteiger partial charge in [0.2, 0.25) is 5.91 Å². The third-order valence-corrected chi connectivity index (χ3v) is 5.50. The molecule has 0 bridgehead atoms. The van der Waals surface area contributed by atoms with Gasteiger partial charge in [0.15, 0.2) is 0 Å².